The maximum atomic E-state index is 8.73. The number of aliphatic hydroxyl groups excluding tert-OH is 1. The van der Waals surface area contributed by atoms with Crippen molar-refractivity contribution in [2.24, 2.45) is 5.73 Å². The smallest absolute Gasteiger partial charge is 0.0441 e. The summed E-state index contributed by atoms with van der Waals surface area (Å²) in [6.45, 7) is 2.47. The fourth-order valence-corrected chi connectivity index (χ4v) is 3.15. The van der Waals surface area contributed by atoms with Crippen molar-refractivity contribution in [3.8, 4) is 0 Å². The molecule has 0 aliphatic heterocycles. The Morgan fingerprint density at radius 1 is 1.58 bits per heavy atom. The Morgan fingerprint density at radius 2 is 2.33 bits per heavy atom. The van der Waals surface area contributed by atoms with Crippen LogP contribution >= 0.6 is 11.8 Å². The lowest BCUT2D eigenvalue weighted by Gasteiger charge is -2.19. The highest BCUT2D eigenvalue weighted by molar-refractivity contribution is 8.00. The predicted octanol–water partition coefficient (Wildman–Crippen LogP) is 1.37. The van der Waals surface area contributed by atoms with Crippen molar-refractivity contribution in [1.29, 1.82) is 0 Å². The summed E-state index contributed by atoms with van der Waals surface area (Å²) in [5, 5.41) is 9.94. The monoisotopic (exact) mass is 189 g/mol. The van der Waals surface area contributed by atoms with Crippen LogP contribution in [0.15, 0.2) is 0 Å². The molecule has 0 heterocycles. The zero-order valence-electron chi connectivity index (χ0n) is 7.70. The quantitative estimate of drug-likeness (QED) is 0.702. The number of hydrogen-bond donors (Lipinski definition) is 2. The lowest BCUT2D eigenvalue weighted by atomic mass is 10.3. The molecule has 1 aliphatic carbocycles. The molecule has 0 bridgehead atoms. The van der Waals surface area contributed by atoms with Gasteiger partial charge in [0.1, 0.15) is 0 Å². The fourth-order valence-electron chi connectivity index (χ4n) is 1.67. The van der Waals surface area contributed by atoms with E-state index in [1.165, 1.54) is 19.3 Å². The van der Waals surface area contributed by atoms with Crippen LogP contribution in [0, 0.1) is 0 Å². The highest BCUT2D eigenvalue weighted by Gasteiger charge is 2.25. The Labute approximate surface area is 78.9 Å². The van der Waals surface area contributed by atoms with E-state index in [9.17, 15) is 0 Å². The average Bonchev–Trinajstić information content (AvgIpc) is 2.37. The van der Waals surface area contributed by atoms with Gasteiger partial charge in [-0.3, -0.25) is 0 Å². The molecular weight excluding hydrogens is 170 g/mol. The topological polar surface area (TPSA) is 46.2 Å². The average molecular weight is 189 g/mol. The fraction of sp³-hybridized carbons (Fsp3) is 1.00. The lowest BCUT2D eigenvalue weighted by molar-refractivity contribution is 0.288. The second-order valence-corrected chi connectivity index (χ2v) is 5.27. The predicted molar refractivity (Wildman–Crippen MR) is 54.4 cm³/mol. The highest BCUT2D eigenvalue weighted by atomic mass is 32.2. The lowest BCUT2D eigenvalue weighted by Crippen LogP contribution is -2.28. The first-order valence-electron chi connectivity index (χ1n) is 4.76. The SMILES string of the molecule is CC(CCO)SC1CCCC1N. The third-order valence-electron chi connectivity index (χ3n) is 2.45. The molecule has 12 heavy (non-hydrogen) atoms. The van der Waals surface area contributed by atoms with Crippen molar-refractivity contribution < 1.29 is 5.11 Å². The molecule has 1 rings (SSSR count). The number of nitrogens with two attached hydrogens (primary N) is 1. The molecule has 0 aromatic heterocycles. The summed E-state index contributed by atoms with van der Waals surface area (Å²) < 4.78 is 0. The van der Waals surface area contributed by atoms with E-state index in [-0.39, 0.29) is 0 Å². The molecule has 2 nitrogen and oxygen atoms in total. The Hall–Kier alpha value is 0.270. The van der Waals surface area contributed by atoms with Crippen LogP contribution in [0.3, 0.4) is 0 Å². The van der Waals surface area contributed by atoms with Gasteiger partial charge in [0.25, 0.3) is 0 Å². The molecule has 1 aliphatic rings. The molecule has 3 atom stereocenters. The van der Waals surface area contributed by atoms with Crippen LogP contribution < -0.4 is 5.73 Å². The zero-order valence-corrected chi connectivity index (χ0v) is 8.52. The molecule has 3 N–H and O–H groups in total. The van der Waals surface area contributed by atoms with Crippen LogP contribution in [-0.2, 0) is 0 Å². The Balaban J connectivity index is 2.20. The summed E-state index contributed by atoms with van der Waals surface area (Å²) in [7, 11) is 0. The summed E-state index contributed by atoms with van der Waals surface area (Å²) in [4.78, 5) is 0. The van der Waals surface area contributed by atoms with Crippen LogP contribution in [0.4, 0.5) is 0 Å². The molecule has 0 spiro atoms. The normalized spacial score (nSPS) is 32.2. The highest BCUT2D eigenvalue weighted by Crippen LogP contribution is 2.32. The van der Waals surface area contributed by atoms with Crippen molar-refractivity contribution in [2.75, 3.05) is 6.61 Å². The third-order valence-corrected chi connectivity index (χ3v) is 4.08. The van der Waals surface area contributed by atoms with Crippen LogP contribution in [0.25, 0.3) is 0 Å². The summed E-state index contributed by atoms with van der Waals surface area (Å²) in [5.74, 6) is 0. The van der Waals surface area contributed by atoms with Crippen LogP contribution in [0.2, 0.25) is 0 Å². The van der Waals surface area contributed by atoms with Crippen LogP contribution in [0.5, 0.6) is 0 Å². The van der Waals surface area contributed by atoms with Gasteiger partial charge in [0.15, 0.2) is 0 Å². The standard InChI is InChI=1S/C9H19NOS/c1-7(5-6-11)12-9-4-2-3-8(9)10/h7-9,11H,2-6,10H2,1H3. The summed E-state index contributed by atoms with van der Waals surface area (Å²) in [5.41, 5.74) is 5.94. The molecule has 1 fully saturated rings. The van der Waals surface area contributed by atoms with E-state index in [0.717, 1.165) is 6.42 Å². The molecule has 3 unspecified atom stereocenters. The zero-order chi connectivity index (χ0) is 8.97. The molecule has 1 saturated carbocycles. The molecule has 0 saturated heterocycles. The first-order chi connectivity index (χ1) is 5.74. The number of rotatable bonds is 4. The van der Waals surface area contributed by atoms with Gasteiger partial charge in [0.05, 0.1) is 0 Å². The van der Waals surface area contributed by atoms with Gasteiger partial charge in [-0.2, -0.15) is 11.8 Å². The van der Waals surface area contributed by atoms with E-state index in [1.807, 2.05) is 11.8 Å². The van der Waals surface area contributed by atoms with E-state index in [0.29, 0.717) is 23.1 Å². The van der Waals surface area contributed by atoms with Crippen molar-refractivity contribution in [3.05, 3.63) is 0 Å². The first-order valence-corrected chi connectivity index (χ1v) is 5.70. The minimum atomic E-state index is 0.302. The summed E-state index contributed by atoms with van der Waals surface area (Å²) in [6.07, 6.45) is 4.63. The maximum absolute atomic E-state index is 8.73. The van der Waals surface area contributed by atoms with Gasteiger partial charge >= 0.3 is 0 Å². The summed E-state index contributed by atoms with van der Waals surface area (Å²) in [6, 6.07) is 0.399. The van der Waals surface area contributed by atoms with Gasteiger partial charge in [-0.15, -0.1) is 0 Å². The molecule has 0 radical (unpaired) electrons. The van der Waals surface area contributed by atoms with E-state index in [1.54, 1.807) is 0 Å². The minimum Gasteiger partial charge on any atom is -0.396 e. The van der Waals surface area contributed by atoms with Crippen molar-refractivity contribution in [1.82, 2.24) is 0 Å². The Kier molecular flexibility index (Phi) is 4.40. The number of hydrogen-bond acceptors (Lipinski definition) is 3. The van der Waals surface area contributed by atoms with Crippen LogP contribution in [-0.4, -0.2) is 28.3 Å². The van der Waals surface area contributed by atoms with E-state index in [4.69, 9.17) is 10.8 Å². The minimum absolute atomic E-state index is 0.302. The maximum Gasteiger partial charge on any atom is 0.0441 e. The second-order valence-electron chi connectivity index (χ2n) is 3.59. The van der Waals surface area contributed by atoms with Crippen molar-refractivity contribution >= 4 is 11.8 Å². The Morgan fingerprint density at radius 3 is 2.83 bits per heavy atom. The molecule has 0 aromatic carbocycles. The Bertz CT molecular complexity index is 132. The van der Waals surface area contributed by atoms with E-state index >= 15 is 0 Å². The largest absolute Gasteiger partial charge is 0.396 e. The molecule has 72 valence electrons. The third kappa shape index (κ3) is 2.96. The first kappa shape index (κ1) is 10.4. The van der Waals surface area contributed by atoms with Gasteiger partial charge < -0.3 is 10.8 Å². The van der Waals surface area contributed by atoms with E-state index < -0.39 is 0 Å². The number of thioether (sulfide) groups is 1. The van der Waals surface area contributed by atoms with E-state index in [2.05, 4.69) is 6.92 Å². The molecular formula is C9H19NOS. The summed E-state index contributed by atoms with van der Waals surface area (Å²) >= 11 is 1.95. The van der Waals surface area contributed by atoms with Gasteiger partial charge in [-0.05, 0) is 19.3 Å². The van der Waals surface area contributed by atoms with Crippen molar-refractivity contribution in [2.45, 2.75) is 49.1 Å². The molecule has 3 heteroatoms. The number of aliphatic hydroxyl groups is 1. The van der Waals surface area contributed by atoms with Gasteiger partial charge in [-0.25, -0.2) is 0 Å². The van der Waals surface area contributed by atoms with Gasteiger partial charge in [0, 0.05) is 23.1 Å². The van der Waals surface area contributed by atoms with Gasteiger partial charge in [0.2, 0.25) is 0 Å². The second kappa shape index (κ2) is 5.10. The molecule has 0 amide bonds. The van der Waals surface area contributed by atoms with Crippen molar-refractivity contribution in [3.63, 3.8) is 0 Å². The molecule has 0 aromatic rings. The van der Waals surface area contributed by atoms with Crippen LogP contribution in [0.1, 0.15) is 32.6 Å². The van der Waals surface area contributed by atoms with Gasteiger partial charge in [-0.1, -0.05) is 13.3 Å².